The highest BCUT2D eigenvalue weighted by Crippen LogP contribution is 2.49. The minimum Gasteiger partial charge on any atom is -0.325 e. The quantitative estimate of drug-likeness (QED) is 0.442. The van der Waals surface area contributed by atoms with Gasteiger partial charge in [0, 0.05) is 23.2 Å². The van der Waals surface area contributed by atoms with Crippen molar-refractivity contribution in [3.05, 3.63) is 76.1 Å². The van der Waals surface area contributed by atoms with Gasteiger partial charge in [-0.3, -0.25) is 14.2 Å². The number of hydrogen-bond donors (Lipinski definition) is 1. The first-order valence-electron chi connectivity index (χ1n) is 11.3. The minimum atomic E-state index is -0.108. The van der Waals surface area contributed by atoms with Crippen molar-refractivity contribution in [1.82, 2.24) is 9.55 Å². The predicted molar refractivity (Wildman–Crippen MR) is 129 cm³/mol. The van der Waals surface area contributed by atoms with Crippen LogP contribution in [-0.4, -0.2) is 21.2 Å². The van der Waals surface area contributed by atoms with Gasteiger partial charge >= 0.3 is 0 Å². The van der Waals surface area contributed by atoms with Crippen LogP contribution in [0.25, 0.3) is 11.3 Å². The van der Waals surface area contributed by atoms with Crippen molar-refractivity contribution >= 4 is 23.4 Å². The molecular weight excluding hydrogens is 418 g/mol. The number of thioether (sulfide) groups is 1. The van der Waals surface area contributed by atoms with Crippen LogP contribution in [0.2, 0.25) is 0 Å². The first-order valence-corrected chi connectivity index (χ1v) is 12.3. The Morgan fingerprint density at radius 3 is 2.56 bits per heavy atom. The molecular formula is C26H27N3O2S. The summed E-state index contributed by atoms with van der Waals surface area (Å²) in [6.07, 6.45) is 5.32. The number of amides is 1. The van der Waals surface area contributed by atoms with Crippen LogP contribution in [0.15, 0.2) is 64.5 Å². The molecule has 0 radical (unpaired) electrons. The van der Waals surface area contributed by atoms with Gasteiger partial charge in [0.15, 0.2) is 5.16 Å². The first kappa shape index (κ1) is 21.0. The Hall–Kier alpha value is -2.86. The van der Waals surface area contributed by atoms with E-state index < -0.39 is 0 Å². The van der Waals surface area contributed by atoms with Crippen molar-refractivity contribution in [2.75, 3.05) is 11.1 Å². The highest BCUT2D eigenvalue weighted by molar-refractivity contribution is 7.99. The molecule has 2 aliphatic carbocycles. The number of fused-ring (bicyclic) bond motifs is 4. The summed E-state index contributed by atoms with van der Waals surface area (Å²) in [5, 5.41) is 3.52. The molecule has 5 rings (SSSR count). The molecule has 5 nitrogen and oxygen atoms in total. The number of nitrogens with one attached hydrogen (secondary N) is 1. The monoisotopic (exact) mass is 445 g/mol. The molecule has 1 amide bonds. The third kappa shape index (κ3) is 3.66. The SMILES string of the molecule is CCn1c(SCC(=O)Nc2ccccc2)nc2c(c1=O)C1(CCCC1)Cc1ccccc1-2. The number of benzene rings is 2. The molecule has 1 aromatic heterocycles. The molecule has 6 heteroatoms. The van der Waals surface area contributed by atoms with Gasteiger partial charge in [0.05, 0.1) is 17.0 Å². The molecule has 0 atom stereocenters. The first-order chi connectivity index (χ1) is 15.6. The van der Waals surface area contributed by atoms with Gasteiger partial charge in [-0.25, -0.2) is 4.98 Å². The summed E-state index contributed by atoms with van der Waals surface area (Å²) >= 11 is 1.33. The fourth-order valence-electron chi connectivity index (χ4n) is 5.28. The van der Waals surface area contributed by atoms with E-state index in [1.807, 2.05) is 43.3 Å². The second-order valence-corrected chi connectivity index (χ2v) is 9.63. The molecule has 3 aromatic rings. The van der Waals surface area contributed by atoms with Crippen LogP contribution < -0.4 is 10.9 Å². The van der Waals surface area contributed by atoms with Crippen molar-refractivity contribution in [3.63, 3.8) is 0 Å². The predicted octanol–water partition coefficient (Wildman–Crippen LogP) is 5.03. The van der Waals surface area contributed by atoms with Crippen molar-refractivity contribution in [2.24, 2.45) is 0 Å². The Morgan fingerprint density at radius 1 is 1.09 bits per heavy atom. The molecule has 2 aliphatic rings. The maximum atomic E-state index is 13.8. The third-order valence-corrected chi connectivity index (χ3v) is 7.71. The lowest BCUT2D eigenvalue weighted by Crippen LogP contribution is -2.40. The van der Waals surface area contributed by atoms with Crippen LogP contribution in [0.5, 0.6) is 0 Å². The van der Waals surface area contributed by atoms with Gasteiger partial charge in [-0.15, -0.1) is 0 Å². The van der Waals surface area contributed by atoms with E-state index in [1.165, 1.54) is 17.3 Å². The fraction of sp³-hybridized carbons (Fsp3) is 0.346. The molecule has 1 N–H and O–H groups in total. The Labute approximate surface area is 192 Å². The maximum absolute atomic E-state index is 13.8. The maximum Gasteiger partial charge on any atom is 0.258 e. The summed E-state index contributed by atoms with van der Waals surface area (Å²) < 4.78 is 1.76. The zero-order valence-corrected chi connectivity index (χ0v) is 19.1. The van der Waals surface area contributed by atoms with Gasteiger partial charge in [0.2, 0.25) is 5.91 Å². The van der Waals surface area contributed by atoms with Crippen LogP contribution in [0.3, 0.4) is 0 Å². The van der Waals surface area contributed by atoms with Gasteiger partial charge in [-0.2, -0.15) is 0 Å². The Kier molecular flexibility index (Phi) is 5.64. The molecule has 1 spiro atoms. The smallest absolute Gasteiger partial charge is 0.258 e. The largest absolute Gasteiger partial charge is 0.325 e. The van der Waals surface area contributed by atoms with Gasteiger partial charge in [0.1, 0.15) is 0 Å². The zero-order valence-electron chi connectivity index (χ0n) is 18.3. The lowest BCUT2D eigenvalue weighted by molar-refractivity contribution is -0.113. The van der Waals surface area contributed by atoms with Gasteiger partial charge < -0.3 is 5.32 Å². The molecule has 1 heterocycles. The van der Waals surface area contributed by atoms with Gasteiger partial charge in [-0.05, 0) is 43.9 Å². The molecule has 0 aliphatic heterocycles. The summed E-state index contributed by atoms with van der Waals surface area (Å²) in [6.45, 7) is 2.52. The highest BCUT2D eigenvalue weighted by Gasteiger charge is 2.44. The number of para-hydroxylation sites is 1. The lowest BCUT2D eigenvalue weighted by atomic mass is 9.68. The normalized spacial score (nSPS) is 15.9. The average molecular weight is 446 g/mol. The molecule has 1 saturated carbocycles. The van der Waals surface area contributed by atoms with E-state index in [-0.39, 0.29) is 22.6 Å². The Bertz CT molecular complexity index is 1210. The number of carbonyl (C=O) groups is 1. The Morgan fingerprint density at radius 2 is 1.81 bits per heavy atom. The molecule has 0 bridgehead atoms. The van der Waals surface area contributed by atoms with Crippen LogP contribution in [0, 0.1) is 0 Å². The third-order valence-electron chi connectivity index (χ3n) is 6.73. The lowest BCUT2D eigenvalue weighted by Gasteiger charge is -2.36. The highest BCUT2D eigenvalue weighted by atomic mass is 32.2. The van der Waals surface area contributed by atoms with Crippen molar-refractivity contribution in [1.29, 1.82) is 0 Å². The topological polar surface area (TPSA) is 64.0 Å². The number of rotatable bonds is 5. The summed E-state index contributed by atoms with van der Waals surface area (Å²) in [7, 11) is 0. The second kappa shape index (κ2) is 8.58. The second-order valence-electron chi connectivity index (χ2n) is 8.69. The van der Waals surface area contributed by atoms with E-state index in [2.05, 4.69) is 23.5 Å². The number of hydrogen-bond acceptors (Lipinski definition) is 4. The number of aromatic nitrogens is 2. The van der Waals surface area contributed by atoms with Gasteiger partial charge in [-0.1, -0.05) is 67.1 Å². The van der Waals surface area contributed by atoms with Crippen LogP contribution in [0.4, 0.5) is 5.69 Å². The van der Waals surface area contributed by atoms with Crippen LogP contribution in [0.1, 0.15) is 43.7 Å². The van der Waals surface area contributed by atoms with E-state index in [0.29, 0.717) is 11.7 Å². The summed E-state index contributed by atoms with van der Waals surface area (Å²) in [5.41, 5.74) is 4.81. The molecule has 0 unspecified atom stereocenters. The summed E-state index contributed by atoms with van der Waals surface area (Å²) in [4.78, 5) is 31.3. The Balaban J connectivity index is 1.52. The van der Waals surface area contributed by atoms with E-state index in [4.69, 9.17) is 4.98 Å². The van der Waals surface area contributed by atoms with Crippen LogP contribution in [-0.2, 0) is 23.2 Å². The number of carbonyl (C=O) groups excluding carboxylic acids is 1. The number of nitrogens with zero attached hydrogens (tertiary/aromatic N) is 2. The molecule has 1 fully saturated rings. The van der Waals surface area contributed by atoms with Crippen LogP contribution >= 0.6 is 11.8 Å². The average Bonchev–Trinajstić information content (AvgIpc) is 3.26. The van der Waals surface area contributed by atoms with Crippen molar-refractivity contribution in [3.8, 4) is 11.3 Å². The minimum absolute atomic E-state index is 0.0693. The standard InChI is InChI=1S/C26H27N3O2S/c1-2-29-24(31)22-23(20-13-7-6-10-18(20)16-26(22)14-8-9-15-26)28-25(29)32-17-21(30)27-19-11-4-3-5-12-19/h3-7,10-13H,2,8-9,14-17H2,1H3,(H,27,30). The fourth-order valence-corrected chi connectivity index (χ4v) is 6.14. The van der Waals surface area contributed by atoms with E-state index in [0.717, 1.165) is 54.6 Å². The number of anilines is 1. The van der Waals surface area contributed by atoms with Crippen molar-refractivity contribution < 1.29 is 4.79 Å². The molecule has 32 heavy (non-hydrogen) atoms. The molecule has 0 saturated heterocycles. The molecule has 164 valence electrons. The van der Waals surface area contributed by atoms with E-state index in [9.17, 15) is 9.59 Å². The van der Waals surface area contributed by atoms with E-state index in [1.54, 1.807) is 4.57 Å². The zero-order chi connectivity index (χ0) is 22.1. The molecule has 2 aromatic carbocycles. The summed E-state index contributed by atoms with van der Waals surface area (Å²) in [5.74, 6) is 0.0934. The van der Waals surface area contributed by atoms with Crippen molar-refractivity contribution in [2.45, 2.75) is 56.1 Å². The van der Waals surface area contributed by atoms with E-state index >= 15 is 0 Å². The summed E-state index contributed by atoms with van der Waals surface area (Å²) in [6, 6.07) is 17.7. The van der Waals surface area contributed by atoms with Gasteiger partial charge in [0.25, 0.3) is 5.56 Å².